The molecule has 0 rings (SSSR count). The third kappa shape index (κ3) is 2.39. The minimum Gasteiger partial charge on any atom is -0.385 e. The van der Waals surface area contributed by atoms with E-state index < -0.39 is 0 Å². The molecule has 1 atom stereocenters. The predicted molar refractivity (Wildman–Crippen MR) is 41.0 cm³/mol. The average Bonchev–Trinajstić information content (AvgIpc) is 1.87. The fraction of sp³-hybridized carbons (Fsp3) is 0.500. The molecule has 4 nitrogen and oxygen atoms in total. The summed E-state index contributed by atoms with van der Waals surface area (Å²) in [6.07, 6.45) is 0. The first-order valence-corrected chi connectivity index (χ1v) is 2.89. The number of carbonyl (C=O) groups is 1. The maximum atomic E-state index is 10.6. The van der Waals surface area contributed by atoms with Gasteiger partial charge in [0.25, 0.3) is 0 Å². The number of hydrogen-bond acceptors (Lipinski definition) is 3. The lowest BCUT2D eigenvalue weighted by molar-refractivity contribution is -0.118. The van der Waals surface area contributed by atoms with Crippen LogP contribution in [0.2, 0.25) is 0 Å². The lowest BCUT2D eigenvalue weighted by Crippen LogP contribution is -2.26. The number of ketones is 1. The van der Waals surface area contributed by atoms with Gasteiger partial charge in [0, 0.05) is 6.72 Å². The second-order valence-electron chi connectivity index (χ2n) is 2.00. The third-order valence-corrected chi connectivity index (χ3v) is 1.24. The molecule has 0 aromatic carbocycles. The molecule has 10 heavy (non-hydrogen) atoms. The molecule has 0 saturated carbocycles. The Balaban J connectivity index is 4.19. The van der Waals surface area contributed by atoms with Crippen molar-refractivity contribution in [2.45, 2.75) is 13.8 Å². The summed E-state index contributed by atoms with van der Waals surface area (Å²) in [5.74, 6) is -0.169. The van der Waals surface area contributed by atoms with E-state index in [9.17, 15) is 4.79 Å². The van der Waals surface area contributed by atoms with Crippen molar-refractivity contribution < 1.29 is 4.79 Å². The molecule has 0 fully saturated rings. The average molecular weight is 141 g/mol. The van der Waals surface area contributed by atoms with Gasteiger partial charge < -0.3 is 5.73 Å². The molecule has 0 aromatic rings. The van der Waals surface area contributed by atoms with Crippen LogP contribution in [0.3, 0.4) is 0 Å². The summed E-state index contributed by atoms with van der Waals surface area (Å²) in [5.41, 5.74) is 5.32. The zero-order valence-corrected chi connectivity index (χ0v) is 6.16. The Hall–Kier alpha value is -1.19. The summed E-state index contributed by atoms with van der Waals surface area (Å²) in [5, 5.41) is 6.63. The minimum atomic E-state index is -0.356. The van der Waals surface area contributed by atoms with E-state index >= 15 is 0 Å². The van der Waals surface area contributed by atoms with E-state index in [0.717, 1.165) is 0 Å². The van der Waals surface area contributed by atoms with Gasteiger partial charge >= 0.3 is 0 Å². The van der Waals surface area contributed by atoms with Crippen LogP contribution in [0.5, 0.6) is 0 Å². The van der Waals surface area contributed by atoms with Crippen molar-refractivity contribution in [3.63, 3.8) is 0 Å². The van der Waals surface area contributed by atoms with Gasteiger partial charge in [-0.3, -0.25) is 4.79 Å². The third-order valence-electron chi connectivity index (χ3n) is 1.24. The Morgan fingerprint density at radius 1 is 1.70 bits per heavy atom. The summed E-state index contributed by atoms with van der Waals surface area (Å²) in [6, 6.07) is 0. The topological polar surface area (TPSA) is 67.8 Å². The zero-order chi connectivity index (χ0) is 8.15. The molecular weight excluding hydrogens is 130 g/mol. The van der Waals surface area contributed by atoms with Crippen molar-refractivity contribution in [1.82, 2.24) is 0 Å². The first-order chi connectivity index (χ1) is 4.59. The Morgan fingerprint density at radius 2 is 2.20 bits per heavy atom. The summed E-state index contributed by atoms with van der Waals surface area (Å²) < 4.78 is 0. The lowest BCUT2D eigenvalue weighted by atomic mass is 10.1. The van der Waals surface area contributed by atoms with Crippen LogP contribution < -0.4 is 5.73 Å². The van der Waals surface area contributed by atoms with E-state index in [1.54, 1.807) is 6.92 Å². The first kappa shape index (κ1) is 8.81. The number of rotatable bonds is 3. The summed E-state index contributed by atoms with van der Waals surface area (Å²) >= 11 is 0. The highest BCUT2D eigenvalue weighted by Gasteiger charge is 2.11. The van der Waals surface area contributed by atoms with Gasteiger partial charge in [0.2, 0.25) is 0 Å². The van der Waals surface area contributed by atoms with E-state index in [1.807, 2.05) is 0 Å². The number of carbonyl (C=O) groups excluding carboxylic acids is 1. The first-order valence-electron chi connectivity index (χ1n) is 2.89. The number of Topliss-reactive ketones (excluding diaryl/α,β-unsaturated/α-hetero) is 1. The second kappa shape index (κ2) is 3.76. The fourth-order valence-electron chi connectivity index (χ4n) is 0.377. The van der Waals surface area contributed by atoms with Crippen molar-refractivity contribution in [1.29, 1.82) is 0 Å². The van der Waals surface area contributed by atoms with Gasteiger partial charge in [-0.05, 0) is 13.8 Å². The highest BCUT2D eigenvalue weighted by Crippen LogP contribution is 1.95. The Bertz CT molecular complexity index is 174. The van der Waals surface area contributed by atoms with E-state index in [2.05, 4.69) is 16.9 Å². The minimum absolute atomic E-state index is 0.0232. The molecule has 0 bridgehead atoms. The van der Waals surface area contributed by atoms with Crippen LogP contribution in [0, 0.1) is 5.92 Å². The van der Waals surface area contributed by atoms with E-state index in [4.69, 9.17) is 5.73 Å². The van der Waals surface area contributed by atoms with Crippen LogP contribution in [-0.2, 0) is 4.79 Å². The highest BCUT2D eigenvalue weighted by atomic mass is 16.1. The Labute approximate surface area is 59.8 Å². The molecule has 0 radical (unpaired) electrons. The van der Waals surface area contributed by atoms with Crippen molar-refractivity contribution in [3.05, 3.63) is 0 Å². The summed E-state index contributed by atoms with van der Waals surface area (Å²) in [4.78, 5) is 10.6. The van der Waals surface area contributed by atoms with E-state index in [-0.39, 0.29) is 17.5 Å². The molecule has 0 spiro atoms. The van der Waals surface area contributed by atoms with Gasteiger partial charge in [-0.25, -0.2) is 0 Å². The lowest BCUT2D eigenvalue weighted by Gasteiger charge is -2.02. The fourth-order valence-corrected chi connectivity index (χ4v) is 0.377. The monoisotopic (exact) mass is 141 g/mol. The Morgan fingerprint density at radius 3 is 2.50 bits per heavy atom. The molecule has 0 heterocycles. The van der Waals surface area contributed by atoms with Gasteiger partial charge in [0.15, 0.2) is 0 Å². The van der Waals surface area contributed by atoms with Crippen LogP contribution in [0.15, 0.2) is 10.2 Å². The number of nitrogens with zero attached hydrogens (tertiary/aromatic N) is 2. The molecule has 2 N–H and O–H groups in total. The van der Waals surface area contributed by atoms with Crippen LogP contribution in [0.4, 0.5) is 0 Å². The SMILES string of the molecule is C=NN=C(N)C(C)C(C)=O. The van der Waals surface area contributed by atoms with Crippen LogP contribution in [0.1, 0.15) is 13.8 Å². The highest BCUT2D eigenvalue weighted by molar-refractivity contribution is 6.01. The van der Waals surface area contributed by atoms with Gasteiger partial charge in [-0.15, -0.1) is 5.10 Å². The van der Waals surface area contributed by atoms with Crippen molar-refractivity contribution in [3.8, 4) is 0 Å². The smallest absolute Gasteiger partial charge is 0.140 e. The predicted octanol–water partition coefficient (Wildman–Crippen LogP) is 0.184. The van der Waals surface area contributed by atoms with Crippen molar-refractivity contribution >= 4 is 18.3 Å². The van der Waals surface area contributed by atoms with Gasteiger partial charge in [-0.1, -0.05) is 0 Å². The van der Waals surface area contributed by atoms with Crippen molar-refractivity contribution in [2.75, 3.05) is 0 Å². The van der Waals surface area contributed by atoms with E-state index in [1.165, 1.54) is 6.92 Å². The molecule has 0 aliphatic carbocycles. The van der Waals surface area contributed by atoms with Gasteiger partial charge in [0.05, 0.1) is 5.92 Å². The molecular formula is C6H11N3O. The van der Waals surface area contributed by atoms with E-state index in [0.29, 0.717) is 0 Å². The van der Waals surface area contributed by atoms with Crippen LogP contribution >= 0.6 is 0 Å². The van der Waals surface area contributed by atoms with Gasteiger partial charge in [0.1, 0.15) is 11.6 Å². The zero-order valence-electron chi connectivity index (χ0n) is 6.16. The maximum Gasteiger partial charge on any atom is 0.140 e. The molecule has 0 aliphatic rings. The summed E-state index contributed by atoms with van der Waals surface area (Å²) in [7, 11) is 0. The molecule has 56 valence electrons. The molecule has 0 saturated heterocycles. The molecule has 0 aliphatic heterocycles. The van der Waals surface area contributed by atoms with Crippen molar-refractivity contribution in [2.24, 2.45) is 21.9 Å². The van der Waals surface area contributed by atoms with Crippen LogP contribution in [-0.4, -0.2) is 18.3 Å². The number of hydrogen-bond donors (Lipinski definition) is 1. The molecule has 0 aromatic heterocycles. The molecule has 4 heteroatoms. The standard InChI is InChI=1S/C6H11N3O/c1-4(5(2)10)6(7)9-8-3/h4H,3H2,1-2H3,(H2,7,9). The number of amidine groups is 1. The largest absolute Gasteiger partial charge is 0.385 e. The number of nitrogens with two attached hydrogens (primary N) is 1. The Kier molecular flexibility index (Phi) is 3.32. The quantitative estimate of drug-likeness (QED) is 0.346. The maximum absolute atomic E-state index is 10.6. The normalized spacial score (nSPS) is 14.4. The van der Waals surface area contributed by atoms with Gasteiger partial charge in [-0.2, -0.15) is 5.10 Å². The summed E-state index contributed by atoms with van der Waals surface area (Å²) in [6.45, 7) is 6.24. The van der Waals surface area contributed by atoms with Crippen LogP contribution in [0.25, 0.3) is 0 Å². The molecule has 0 amide bonds. The molecule has 1 unspecified atom stereocenters. The second-order valence-corrected chi connectivity index (χ2v) is 2.00.